The van der Waals surface area contributed by atoms with Gasteiger partial charge in [0.15, 0.2) is 0 Å². The molecule has 1 N–H and O–H groups in total. The van der Waals surface area contributed by atoms with E-state index < -0.39 is 17.2 Å². The van der Waals surface area contributed by atoms with Gasteiger partial charge in [-0.25, -0.2) is 0 Å². The van der Waals surface area contributed by atoms with Gasteiger partial charge in [0.25, 0.3) is 5.56 Å². The lowest BCUT2D eigenvalue weighted by atomic mass is 9.96. The molecule has 0 spiro atoms. The molecule has 27 heavy (non-hydrogen) atoms. The van der Waals surface area contributed by atoms with Crippen molar-refractivity contribution in [1.82, 2.24) is 4.57 Å². The van der Waals surface area contributed by atoms with Gasteiger partial charge in [0, 0.05) is 6.61 Å². The zero-order chi connectivity index (χ0) is 19.6. The molecule has 1 aliphatic rings. The highest BCUT2D eigenvalue weighted by atomic mass is 16.5. The number of aromatic nitrogens is 1. The Morgan fingerprint density at radius 2 is 2.19 bits per heavy atom. The Morgan fingerprint density at radius 3 is 2.81 bits per heavy atom. The number of rotatable bonds is 5. The van der Waals surface area contributed by atoms with Crippen LogP contribution in [0.3, 0.4) is 0 Å². The lowest BCUT2D eigenvalue weighted by Gasteiger charge is -2.18. The summed E-state index contributed by atoms with van der Waals surface area (Å²) in [4.78, 5) is 25.8. The van der Waals surface area contributed by atoms with E-state index >= 15 is 0 Å². The van der Waals surface area contributed by atoms with Crippen LogP contribution >= 0.6 is 0 Å². The lowest BCUT2D eigenvalue weighted by molar-refractivity contribution is 0.0929. The number of hydrogen-bond donors (Lipinski definition) is 1. The molecule has 1 aromatic heterocycles. The van der Waals surface area contributed by atoms with E-state index in [1.807, 2.05) is 6.07 Å². The van der Waals surface area contributed by atoms with Crippen molar-refractivity contribution in [1.29, 1.82) is 5.26 Å². The Balaban J connectivity index is 2.18. The minimum absolute atomic E-state index is 0.0753. The molecule has 1 unspecified atom stereocenters. The molecule has 0 bridgehead atoms. The number of carbonyl (C=O) groups excluding carboxylic acids is 1. The summed E-state index contributed by atoms with van der Waals surface area (Å²) in [5.41, 5.74) is -0.471. The molecule has 0 aliphatic carbocycles. The fraction of sp³-hybridized carbons (Fsp3) is 0.350. The van der Waals surface area contributed by atoms with Crippen LogP contribution in [0.25, 0.3) is 0 Å². The first-order valence-electron chi connectivity index (χ1n) is 8.65. The number of pyridine rings is 1. The van der Waals surface area contributed by atoms with Crippen LogP contribution in [-0.4, -0.2) is 35.3 Å². The maximum absolute atomic E-state index is 13.1. The van der Waals surface area contributed by atoms with Crippen LogP contribution in [0.1, 0.15) is 39.9 Å². The highest BCUT2D eigenvalue weighted by molar-refractivity contribution is 6.13. The molecule has 7 nitrogen and oxygen atoms in total. The molecule has 0 amide bonds. The van der Waals surface area contributed by atoms with E-state index in [2.05, 4.69) is 0 Å². The molecule has 3 rings (SSSR count). The van der Waals surface area contributed by atoms with E-state index in [0.717, 1.165) is 17.4 Å². The topological polar surface area (TPSA) is 102 Å². The molecule has 1 atom stereocenters. The first-order chi connectivity index (χ1) is 13.0. The number of nitrogens with zero attached hydrogens (tertiary/aromatic N) is 2. The average molecular weight is 368 g/mol. The highest BCUT2D eigenvalue weighted by Crippen LogP contribution is 2.29. The van der Waals surface area contributed by atoms with Crippen molar-refractivity contribution in [2.45, 2.75) is 32.4 Å². The molecular weight excluding hydrogens is 348 g/mol. The number of para-hydroxylation sites is 1. The van der Waals surface area contributed by atoms with E-state index in [9.17, 15) is 20.0 Å². The van der Waals surface area contributed by atoms with Gasteiger partial charge in [-0.05, 0) is 37.5 Å². The van der Waals surface area contributed by atoms with Crippen molar-refractivity contribution in [3.05, 3.63) is 56.9 Å². The summed E-state index contributed by atoms with van der Waals surface area (Å²) >= 11 is 0. The normalized spacial score (nSPS) is 16.1. The Kier molecular flexibility index (Phi) is 5.28. The smallest absolute Gasteiger partial charge is 0.271 e. The predicted octanol–water partition coefficient (Wildman–Crippen LogP) is 2.15. The van der Waals surface area contributed by atoms with Gasteiger partial charge in [0.2, 0.25) is 11.7 Å². The third-order valence-corrected chi connectivity index (χ3v) is 4.79. The number of carbonyl (C=O) groups is 1. The van der Waals surface area contributed by atoms with Crippen LogP contribution in [0.15, 0.2) is 29.1 Å². The predicted molar refractivity (Wildman–Crippen MR) is 97.2 cm³/mol. The van der Waals surface area contributed by atoms with Crippen LogP contribution in [0, 0.1) is 18.3 Å². The minimum atomic E-state index is -0.625. The third kappa shape index (κ3) is 3.32. The molecule has 1 saturated heterocycles. The standard InChI is InChI=1S/C20H20N2O5/c1-12-15(10-21)19(24)22(11-13-6-5-9-27-13)20(25)17(12)18(23)14-7-3-4-8-16(14)26-2/h3-4,7-8,13,25H,5-6,9,11H2,1-2H3. The number of ether oxygens (including phenoxy) is 2. The van der Waals surface area contributed by atoms with Gasteiger partial charge in [-0.2, -0.15) is 5.26 Å². The Labute approximate surface area is 156 Å². The minimum Gasteiger partial charge on any atom is -0.496 e. The van der Waals surface area contributed by atoms with Gasteiger partial charge in [-0.3, -0.25) is 14.2 Å². The second kappa shape index (κ2) is 7.64. The maximum Gasteiger partial charge on any atom is 0.271 e. The van der Waals surface area contributed by atoms with E-state index in [4.69, 9.17) is 9.47 Å². The maximum atomic E-state index is 13.1. The number of nitriles is 1. The second-order valence-electron chi connectivity index (χ2n) is 6.39. The van der Waals surface area contributed by atoms with Crippen molar-refractivity contribution in [2.24, 2.45) is 0 Å². The summed E-state index contributed by atoms with van der Waals surface area (Å²) in [7, 11) is 1.44. The summed E-state index contributed by atoms with van der Waals surface area (Å²) in [6.07, 6.45) is 1.37. The lowest BCUT2D eigenvalue weighted by Crippen LogP contribution is -2.30. The molecule has 0 saturated carbocycles. The SMILES string of the molecule is COc1ccccc1C(=O)c1c(C)c(C#N)c(=O)n(CC2CCCO2)c1O. The molecular formula is C20H20N2O5. The fourth-order valence-corrected chi connectivity index (χ4v) is 3.35. The molecule has 1 aromatic carbocycles. The fourth-order valence-electron chi connectivity index (χ4n) is 3.35. The number of ketones is 1. The molecule has 1 fully saturated rings. The number of benzene rings is 1. The molecule has 1 aliphatic heterocycles. The first-order valence-corrected chi connectivity index (χ1v) is 8.65. The van der Waals surface area contributed by atoms with E-state index in [0.29, 0.717) is 12.4 Å². The first kappa shape index (κ1) is 18.7. The van der Waals surface area contributed by atoms with Gasteiger partial charge in [-0.15, -0.1) is 0 Å². The van der Waals surface area contributed by atoms with E-state index in [-0.39, 0.29) is 34.9 Å². The number of methoxy groups -OCH3 is 1. The molecule has 7 heteroatoms. The van der Waals surface area contributed by atoms with Crippen molar-refractivity contribution in [3.63, 3.8) is 0 Å². The van der Waals surface area contributed by atoms with Gasteiger partial charge in [-0.1, -0.05) is 12.1 Å². The molecule has 140 valence electrons. The molecule has 0 radical (unpaired) electrons. The summed E-state index contributed by atoms with van der Waals surface area (Å²) in [5.74, 6) is -0.625. The largest absolute Gasteiger partial charge is 0.496 e. The summed E-state index contributed by atoms with van der Waals surface area (Å²) in [6, 6.07) is 8.47. The molecule has 2 heterocycles. The summed E-state index contributed by atoms with van der Waals surface area (Å²) < 4.78 is 11.8. The van der Waals surface area contributed by atoms with Gasteiger partial charge in [0.1, 0.15) is 17.4 Å². The van der Waals surface area contributed by atoms with Crippen molar-refractivity contribution in [2.75, 3.05) is 13.7 Å². The van der Waals surface area contributed by atoms with Gasteiger partial charge in [0.05, 0.1) is 30.9 Å². The van der Waals surface area contributed by atoms with Crippen molar-refractivity contribution < 1.29 is 19.4 Å². The Bertz CT molecular complexity index is 981. The molecule has 2 aromatic rings. The summed E-state index contributed by atoms with van der Waals surface area (Å²) in [6.45, 7) is 2.16. The van der Waals surface area contributed by atoms with Crippen LogP contribution in [-0.2, 0) is 11.3 Å². The quantitative estimate of drug-likeness (QED) is 0.812. The second-order valence-corrected chi connectivity index (χ2v) is 6.39. The Hall–Kier alpha value is -3.11. The van der Waals surface area contributed by atoms with Crippen LogP contribution < -0.4 is 10.3 Å². The number of aromatic hydroxyl groups is 1. The monoisotopic (exact) mass is 368 g/mol. The zero-order valence-electron chi connectivity index (χ0n) is 15.2. The van der Waals surface area contributed by atoms with Gasteiger partial charge >= 0.3 is 0 Å². The third-order valence-electron chi connectivity index (χ3n) is 4.79. The number of hydrogen-bond acceptors (Lipinski definition) is 6. The Morgan fingerprint density at radius 1 is 1.44 bits per heavy atom. The zero-order valence-corrected chi connectivity index (χ0v) is 15.2. The van der Waals surface area contributed by atoms with Gasteiger partial charge < -0.3 is 14.6 Å². The van der Waals surface area contributed by atoms with E-state index in [1.165, 1.54) is 14.0 Å². The van der Waals surface area contributed by atoms with Crippen LogP contribution in [0.5, 0.6) is 11.6 Å². The average Bonchev–Trinajstić information content (AvgIpc) is 3.18. The summed E-state index contributed by atoms with van der Waals surface area (Å²) in [5, 5.41) is 20.2. The van der Waals surface area contributed by atoms with Crippen LogP contribution in [0.4, 0.5) is 0 Å². The van der Waals surface area contributed by atoms with E-state index in [1.54, 1.807) is 24.3 Å². The van der Waals surface area contributed by atoms with Crippen LogP contribution in [0.2, 0.25) is 0 Å². The highest BCUT2D eigenvalue weighted by Gasteiger charge is 2.28. The van der Waals surface area contributed by atoms with Crippen molar-refractivity contribution >= 4 is 5.78 Å². The van der Waals surface area contributed by atoms with Crippen molar-refractivity contribution in [3.8, 4) is 17.7 Å².